The maximum absolute atomic E-state index is 12.3. The Kier molecular flexibility index (Phi) is 6.52. The number of aromatic nitrogens is 1. The number of para-hydroxylation sites is 1. The van der Waals surface area contributed by atoms with Crippen molar-refractivity contribution in [2.75, 3.05) is 14.2 Å². The highest BCUT2D eigenvalue weighted by Gasteiger charge is 2.12. The second kappa shape index (κ2) is 9.45. The summed E-state index contributed by atoms with van der Waals surface area (Å²) in [7, 11) is 3.03. The molecule has 0 saturated heterocycles. The van der Waals surface area contributed by atoms with Crippen molar-refractivity contribution in [2.24, 2.45) is 5.10 Å². The Hall–Kier alpha value is -3.74. The molecule has 0 aliphatic heterocycles. The van der Waals surface area contributed by atoms with Gasteiger partial charge >= 0.3 is 0 Å². The molecule has 3 rings (SSSR count). The van der Waals surface area contributed by atoms with Crippen molar-refractivity contribution in [3.05, 3.63) is 65.9 Å². The molecular weight excluding hydrogens is 370 g/mol. The number of ketones is 1. The van der Waals surface area contributed by atoms with Crippen LogP contribution in [0.3, 0.4) is 0 Å². The van der Waals surface area contributed by atoms with Crippen LogP contribution in [0.4, 0.5) is 0 Å². The summed E-state index contributed by atoms with van der Waals surface area (Å²) in [6.07, 6.45) is 3.35. The number of hydrazone groups is 1. The first-order valence-electron chi connectivity index (χ1n) is 9.03. The van der Waals surface area contributed by atoms with E-state index in [1.54, 1.807) is 30.6 Å². The third kappa shape index (κ3) is 4.95. The molecule has 0 spiro atoms. The van der Waals surface area contributed by atoms with Crippen LogP contribution in [0, 0.1) is 0 Å². The largest absolute Gasteiger partial charge is 0.493 e. The van der Waals surface area contributed by atoms with E-state index in [9.17, 15) is 9.59 Å². The van der Waals surface area contributed by atoms with Crippen LogP contribution in [0.25, 0.3) is 10.9 Å². The Morgan fingerprint density at radius 1 is 1.03 bits per heavy atom. The monoisotopic (exact) mass is 391 g/mol. The van der Waals surface area contributed by atoms with E-state index in [0.717, 1.165) is 16.5 Å². The van der Waals surface area contributed by atoms with Crippen molar-refractivity contribution < 1.29 is 19.1 Å². The summed E-state index contributed by atoms with van der Waals surface area (Å²) in [6.45, 7) is 0. The lowest BCUT2D eigenvalue weighted by atomic mass is 10.1. The quantitative estimate of drug-likeness (QED) is 0.361. The number of rotatable bonds is 8. The molecule has 0 fully saturated rings. The molecule has 7 heteroatoms. The zero-order valence-corrected chi connectivity index (χ0v) is 16.2. The Morgan fingerprint density at radius 2 is 1.83 bits per heavy atom. The van der Waals surface area contributed by atoms with Gasteiger partial charge in [0.05, 0.1) is 26.0 Å². The van der Waals surface area contributed by atoms with E-state index in [2.05, 4.69) is 15.5 Å². The van der Waals surface area contributed by atoms with Gasteiger partial charge in [0.2, 0.25) is 5.91 Å². The predicted octanol–water partition coefficient (Wildman–Crippen LogP) is 3.37. The van der Waals surface area contributed by atoms with Crippen LogP contribution in [-0.2, 0) is 4.79 Å². The highest BCUT2D eigenvalue weighted by Crippen LogP contribution is 2.28. The van der Waals surface area contributed by atoms with Crippen molar-refractivity contribution in [2.45, 2.75) is 12.8 Å². The van der Waals surface area contributed by atoms with Crippen molar-refractivity contribution in [1.29, 1.82) is 0 Å². The normalized spacial score (nSPS) is 10.8. The van der Waals surface area contributed by atoms with Crippen molar-refractivity contribution in [3.8, 4) is 11.5 Å². The van der Waals surface area contributed by atoms with Crippen molar-refractivity contribution in [1.82, 2.24) is 10.4 Å². The highest BCUT2D eigenvalue weighted by atomic mass is 16.5. The van der Waals surface area contributed by atoms with E-state index >= 15 is 0 Å². The molecule has 7 nitrogen and oxygen atoms in total. The first-order valence-corrected chi connectivity index (χ1v) is 9.03. The van der Waals surface area contributed by atoms with Gasteiger partial charge in [-0.25, -0.2) is 5.43 Å². The maximum atomic E-state index is 12.3. The number of carbonyl (C=O) groups excluding carboxylic acids is 2. The number of hydrogen-bond acceptors (Lipinski definition) is 6. The minimum Gasteiger partial charge on any atom is -0.493 e. The average Bonchev–Trinajstić information content (AvgIpc) is 2.77. The molecule has 1 amide bonds. The molecule has 0 aliphatic carbocycles. The first kappa shape index (κ1) is 20.0. The van der Waals surface area contributed by atoms with Crippen LogP contribution in [-0.4, -0.2) is 37.1 Å². The molecule has 148 valence electrons. The Labute approximate surface area is 168 Å². The molecule has 0 radical (unpaired) electrons. The third-order valence-electron chi connectivity index (χ3n) is 4.36. The number of Topliss-reactive ketones (excluding diaryl/α,β-unsaturated/α-hetero) is 1. The second-order valence-electron chi connectivity index (χ2n) is 6.20. The molecule has 29 heavy (non-hydrogen) atoms. The number of carbonyl (C=O) groups is 2. The van der Waals surface area contributed by atoms with E-state index < -0.39 is 0 Å². The van der Waals surface area contributed by atoms with Gasteiger partial charge < -0.3 is 9.47 Å². The number of methoxy groups -OCH3 is 2. The van der Waals surface area contributed by atoms with Gasteiger partial charge in [-0.1, -0.05) is 18.2 Å². The summed E-state index contributed by atoms with van der Waals surface area (Å²) in [4.78, 5) is 28.6. The SMILES string of the molecule is COc1ccc(C(=O)CCC(=O)N/N=C/c2ccnc3ccccc23)cc1OC. The summed E-state index contributed by atoms with van der Waals surface area (Å²) in [5, 5.41) is 4.93. The van der Waals surface area contributed by atoms with E-state index in [1.807, 2.05) is 30.3 Å². The van der Waals surface area contributed by atoms with E-state index in [0.29, 0.717) is 17.1 Å². The molecule has 0 atom stereocenters. The standard InChI is InChI=1S/C22H21N3O4/c1-28-20-9-7-15(13-21(20)29-2)19(26)8-10-22(27)25-24-14-16-11-12-23-18-6-4-3-5-17(16)18/h3-7,9,11-14H,8,10H2,1-2H3,(H,25,27)/b24-14+. The second-order valence-corrected chi connectivity index (χ2v) is 6.20. The van der Waals surface area contributed by atoms with Gasteiger partial charge in [-0.05, 0) is 30.3 Å². The van der Waals surface area contributed by atoms with Gasteiger partial charge in [0.25, 0.3) is 0 Å². The van der Waals surface area contributed by atoms with Crippen molar-refractivity contribution >= 4 is 28.8 Å². The minimum absolute atomic E-state index is 0.0294. The minimum atomic E-state index is -0.339. The fourth-order valence-electron chi connectivity index (χ4n) is 2.84. The Balaban J connectivity index is 1.56. The molecule has 2 aromatic carbocycles. The zero-order valence-electron chi connectivity index (χ0n) is 16.2. The first-order chi connectivity index (χ1) is 14.1. The summed E-state index contributed by atoms with van der Waals surface area (Å²) in [5.74, 6) is 0.510. The molecule has 1 heterocycles. The number of hydrogen-bond donors (Lipinski definition) is 1. The lowest BCUT2D eigenvalue weighted by Gasteiger charge is -2.09. The lowest BCUT2D eigenvalue weighted by molar-refractivity contribution is -0.121. The maximum Gasteiger partial charge on any atom is 0.240 e. The number of nitrogens with one attached hydrogen (secondary N) is 1. The van der Waals surface area contributed by atoms with Crippen LogP contribution >= 0.6 is 0 Å². The number of nitrogens with zero attached hydrogens (tertiary/aromatic N) is 2. The van der Waals surface area contributed by atoms with Crippen molar-refractivity contribution in [3.63, 3.8) is 0 Å². The topological polar surface area (TPSA) is 89.9 Å². The van der Waals surface area contributed by atoms with Crippen LogP contribution < -0.4 is 14.9 Å². The van der Waals surface area contributed by atoms with Crippen LogP contribution in [0.5, 0.6) is 11.5 Å². The molecule has 1 N–H and O–H groups in total. The van der Waals surface area contributed by atoms with Gasteiger partial charge in [0.1, 0.15) is 0 Å². The molecule has 0 aliphatic rings. The Bertz CT molecular complexity index is 1060. The molecule has 0 saturated carbocycles. The predicted molar refractivity (Wildman–Crippen MR) is 111 cm³/mol. The smallest absolute Gasteiger partial charge is 0.240 e. The number of ether oxygens (including phenoxy) is 2. The van der Waals surface area contributed by atoms with Gasteiger partial charge in [0, 0.05) is 35.6 Å². The van der Waals surface area contributed by atoms with Gasteiger partial charge in [-0.3, -0.25) is 14.6 Å². The van der Waals surface area contributed by atoms with Gasteiger partial charge in [-0.15, -0.1) is 0 Å². The summed E-state index contributed by atoms with van der Waals surface area (Å²) in [5.41, 5.74) is 4.61. The number of benzene rings is 2. The van der Waals surface area contributed by atoms with Gasteiger partial charge in [0.15, 0.2) is 17.3 Å². The molecular formula is C22H21N3O4. The average molecular weight is 391 g/mol. The molecule has 0 unspecified atom stereocenters. The fourth-order valence-corrected chi connectivity index (χ4v) is 2.84. The number of amides is 1. The summed E-state index contributed by atoms with van der Waals surface area (Å²) < 4.78 is 10.4. The lowest BCUT2D eigenvalue weighted by Crippen LogP contribution is -2.18. The van der Waals surface area contributed by atoms with Crippen LogP contribution in [0.1, 0.15) is 28.8 Å². The Morgan fingerprint density at radius 3 is 2.62 bits per heavy atom. The fraction of sp³-hybridized carbons (Fsp3) is 0.182. The third-order valence-corrected chi connectivity index (χ3v) is 4.36. The molecule has 1 aromatic heterocycles. The highest BCUT2D eigenvalue weighted by molar-refractivity contribution is 5.99. The zero-order chi connectivity index (χ0) is 20.6. The summed E-state index contributed by atoms with van der Waals surface area (Å²) >= 11 is 0. The van der Waals surface area contributed by atoms with Gasteiger partial charge in [-0.2, -0.15) is 5.10 Å². The number of fused-ring (bicyclic) bond motifs is 1. The molecule has 3 aromatic rings. The van der Waals surface area contributed by atoms with Crippen LogP contribution in [0.15, 0.2) is 59.8 Å². The van der Waals surface area contributed by atoms with E-state index in [1.165, 1.54) is 14.2 Å². The summed E-state index contributed by atoms with van der Waals surface area (Å²) in [6, 6.07) is 14.4. The van der Waals surface area contributed by atoms with Crippen LogP contribution in [0.2, 0.25) is 0 Å². The van der Waals surface area contributed by atoms with E-state index in [4.69, 9.17) is 9.47 Å². The molecule has 0 bridgehead atoms. The van der Waals surface area contributed by atoms with E-state index in [-0.39, 0.29) is 24.5 Å². The number of pyridine rings is 1.